The molecule has 7 heteroatoms. The molecule has 0 bridgehead atoms. The highest BCUT2D eigenvalue weighted by atomic mass is 35.5. The Labute approximate surface area is 104 Å². The number of thiophene rings is 1. The van der Waals surface area contributed by atoms with Gasteiger partial charge >= 0.3 is 6.18 Å². The van der Waals surface area contributed by atoms with E-state index in [4.69, 9.17) is 11.6 Å². The summed E-state index contributed by atoms with van der Waals surface area (Å²) < 4.78 is 36.6. The van der Waals surface area contributed by atoms with Gasteiger partial charge in [0.15, 0.2) is 0 Å². The van der Waals surface area contributed by atoms with Crippen molar-refractivity contribution in [3.05, 3.63) is 28.2 Å². The lowest BCUT2D eigenvalue weighted by molar-refractivity contribution is -0.125. The Bertz CT molecular complexity index is 524. The molecule has 2 heterocycles. The summed E-state index contributed by atoms with van der Waals surface area (Å²) in [6, 6.07) is 3.41. The fraction of sp³-hybridized carbons (Fsp3) is 0.300. The molecule has 0 aliphatic rings. The molecular weight excluding hydrogens is 273 g/mol. The molecule has 1 N–H and O–H groups in total. The van der Waals surface area contributed by atoms with E-state index in [0.717, 1.165) is 9.58 Å². The average Bonchev–Trinajstić information content (AvgIpc) is 2.60. The molecule has 0 spiro atoms. The monoisotopic (exact) mass is 280 g/mol. The number of aromatic nitrogens is 1. The first-order chi connectivity index (χ1) is 7.96. The van der Waals surface area contributed by atoms with Crippen molar-refractivity contribution in [1.29, 1.82) is 0 Å². The van der Waals surface area contributed by atoms with Crippen LogP contribution in [0.3, 0.4) is 0 Å². The highest BCUT2D eigenvalue weighted by Crippen LogP contribution is 2.30. The molecule has 2 aromatic rings. The summed E-state index contributed by atoms with van der Waals surface area (Å²) in [5, 5.41) is 2.91. The van der Waals surface area contributed by atoms with Gasteiger partial charge in [0, 0.05) is 17.6 Å². The van der Waals surface area contributed by atoms with Crippen molar-refractivity contribution in [3.63, 3.8) is 0 Å². The molecule has 0 amide bonds. The van der Waals surface area contributed by atoms with Gasteiger partial charge in [0.05, 0.1) is 21.8 Å². The third-order valence-electron chi connectivity index (χ3n) is 2.04. The van der Waals surface area contributed by atoms with E-state index in [1.165, 1.54) is 11.3 Å². The van der Waals surface area contributed by atoms with Gasteiger partial charge in [-0.05, 0) is 12.1 Å². The molecule has 2 aromatic heterocycles. The molecule has 2 rings (SSSR count). The van der Waals surface area contributed by atoms with E-state index < -0.39 is 12.7 Å². The fourth-order valence-corrected chi connectivity index (χ4v) is 2.63. The number of nitrogens with zero attached hydrogens (tertiary/aromatic N) is 1. The van der Waals surface area contributed by atoms with Crippen LogP contribution < -0.4 is 5.32 Å². The van der Waals surface area contributed by atoms with Crippen LogP contribution in [0, 0.1) is 0 Å². The summed E-state index contributed by atoms with van der Waals surface area (Å²) in [4.78, 5) is 4.88. The Morgan fingerprint density at radius 2 is 2.18 bits per heavy atom. The van der Waals surface area contributed by atoms with Crippen LogP contribution in [0.15, 0.2) is 18.3 Å². The number of pyridine rings is 1. The van der Waals surface area contributed by atoms with E-state index in [-0.39, 0.29) is 6.54 Å². The first-order valence-corrected chi connectivity index (χ1v) is 5.95. The molecule has 92 valence electrons. The third-order valence-corrected chi connectivity index (χ3v) is 3.62. The maximum atomic E-state index is 11.9. The smallest absolute Gasteiger partial charge is 0.304 e. The van der Waals surface area contributed by atoms with E-state index in [0.29, 0.717) is 10.5 Å². The minimum atomic E-state index is -4.19. The van der Waals surface area contributed by atoms with Gasteiger partial charge in [-0.2, -0.15) is 13.2 Å². The Balaban J connectivity index is 2.07. The van der Waals surface area contributed by atoms with E-state index in [1.807, 2.05) is 0 Å². The summed E-state index contributed by atoms with van der Waals surface area (Å²) in [6.07, 6.45) is -2.61. The normalized spacial score (nSPS) is 12.2. The lowest BCUT2D eigenvalue weighted by Crippen LogP contribution is -2.27. The van der Waals surface area contributed by atoms with Crippen LogP contribution in [0.2, 0.25) is 5.02 Å². The second-order valence-corrected chi connectivity index (χ2v) is 4.98. The zero-order valence-electron chi connectivity index (χ0n) is 8.51. The second-order valence-electron chi connectivity index (χ2n) is 3.44. The van der Waals surface area contributed by atoms with E-state index in [2.05, 4.69) is 10.3 Å². The standard InChI is InChI=1S/C10H8ClF3N2S/c11-7-1-2-16-8-3-6(17-9(7)8)4-15-5-10(12,13)14/h1-3,15H,4-5H2. The maximum Gasteiger partial charge on any atom is 0.401 e. The molecule has 0 saturated heterocycles. The Hall–Kier alpha value is -0.850. The number of hydrogen-bond acceptors (Lipinski definition) is 3. The molecule has 0 aromatic carbocycles. The zero-order valence-corrected chi connectivity index (χ0v) is 10.1. The van der Waals surface area contributed by atoms with Gasteiger partial charge in [-0.3, -0.25) is 4.98 Å². The van der Waals surface area contributed by atoms with Crippen LogP contribution in [-0.2, 0) is 6.54 Å². The third kappa shape index (κ3) is 3.31. The van der Waals surface area contributed by atoms with Crippen LogP contribution >= 0.6 is 22.9 Å². The molecule has 0 saturated carbocycles. The van der Waals surface area contributed by atoms with Crippen molar-refractivity contribution in [2.45, 2.75) is 12.7 Å². The van der Waals surface area contributed by atoms with Crippen molar-refractivity contribution in [3.8, 4) is 0 Å². The molecule has 0 radical (unpaired) electrons. The molecular formula is C10H8ClF3N2S. The van der Waals surface area contributed by atoms with Gasteiger partial charge in [0.2, 0.25) is 0 Å². The van der Waals surface area contributed by atoms with E-state index in [1.54, 1.807) is 18.3 Å². The summed E-state index contributed by atoms with van der Waals surface area (Å²) in [7, 11) is 0. The van der Waals surface area contributed by atoms with Gasteiger partial charge in [-0.1, -0.05) is 11.6 Å². The van der Waals surface area contributed by atoms with Crippen LogP contribution in [0.1, 0.15) is 4.88 Å². The second kappa shape index (κ2) is 4.80. The van der Waals surface area contributed by atoms with Gasteiger partial charge in [0.25, 0.3) is 0 Å². The number of nitrogens with one attached hydrogen (secondary N) is 1. The maximum absolute atomic E-state index is 11.9. The Kier molecular flexibility index (Phi) is 3.56. The number of hydrogen-bond donors (Lipinski definition) is 1. The summed E-state index contributed by atoms with van der Waals surface area (Å²) in [5.41, 5.74) is 0.714. The lowest BCUT2D eigenvalue weighted by Gasteiger charge is -2.06. The first-order valence-electron chi connectivity index (χ1n) is 4.76. The predicted molar refractivity (Wildman–Crippen MR) is 62.4 cm³/mol. The van der Waals surface area contributed by atoms with Crippen molar-refractivity contribution >= 4 is 33.2 Å². The molecule has 0 unspecified atom stereocenters. The first kappa shape index (κ1) is 12.6. The molecule has 2 nitrogen and oxygen atoms in total. The Morgan fingerprint density at radius 1 is 1.41 bits per heavy atom. The molecule has 0 aliphatic carbocycles. The zero-order chi connectivity index (χ0) is 12.5. The van der Waals surface area contributed by atoms with E-state index in [9.17, 15) is 13.2 Å². The predicted octanol–water partition coefficient (Wildman–Crippen LogP) is 3.60. The number of rotatable bonds is 3. The van der Waals surface area contributed by atoms with E-state index >= 15 is 0 Å². The highest BCUT2D eigenvalue weighted by Gasteiger charge is 2.26. The molecule has 0 atom stereocenters. The number of fused-ring (bicyclic) bond motifs is 1. The molecule has 0 fully saturated rings. The highest BCUT2D eigenvalue weighted by molar-refractivity contribution is 7.19. The van der Waals surface area contributed by atoms with Crippen molar-refractivity contribution < 1.29 is 13.2 Å². The van der Waals surface area contributed by atoms with Gasteiger partial charge in [-0.15, -0.1) is 11.3 Å². The Morgan fingerprint density at radius 3 is 2.82 bits per heavy atom. The summed E-state index contributed by atoms with van der Waals surface area (Å²) in [5.74, 6) is 0. The number of alkyl halides is 3. The van der Waals surface area contributed by atoms with Crippen LogP contribution in [0.25, 0.3) is 10.2 Å². The topological polar surface area (TPSA) is 24.9 Å². The van der Waals surface area contributed by atoms with Crippen molar-refractivity contribution in [2.24, 2.45) is 0 Å². The minimum absolute atomic E-state index is 0.164. The van der Waals surface area contributed by atoms with Crippen molar-refractivity contribution in [2.75, 3.05) is 6.54 Å². The van der Waals surface area contributed by atoms with Gasteiger partial charge in [-0.25, -0.2) is 0 Å². The largest absolute Gasteiger partial charge is 0.401 e. The lowest BCUT2D eigenvalue weighted by atomic mass is 10.3. The average molecular weight is 281 g/mol. The van der Waals surface area contributed by atoms with Gasteiger partial charge < -0.3 is 5.32 Å². The SMILES string of the molecule is FC(F)(F)CNCc1cc2nccc(Cl)c2s1. The number of halogens is 4. The fourth-order valence-electron chi connectivity index (χ4n) is 1.37. The summed E-state index contributed by atoms with van der Waals surface area (Å²) in [6.45, 7) is -0.834. The minimum Gasteiger partial charge on any atom is -0.304 e. The molecule has 0 aliphatic heterocycles. The molecule has 17 heavy (non-hydrogen) atoms. The van der Waals surface area contributed by atoms with Crippen molar-refractivity contribution in [1.82, 2.24) is 10.3 Å². The van der Waals surface area contributed by atoms with Gasteiger partial charge in [0.1, 0.15) is 0 Å². The van der Waals surface area contributed by atoms with Crippen LogP contribution in [0.4, 0.5) is 13.2 Å². The van der Waals surface area contributed by atoms with Crippen LogP contribution in [-0.4, -0.2) is 17.7 Å². The quantitative estimate of drug-likeness (QED) is 0.929. The summed E-state index contributed by atoms with van der Waals surface area (Å²) >= 11 is 7.30. The van der Waals surface area contributed by atoms with Crippen LogP contribution in [0.5, 0.6) is 0 Å².